The van der Waals surface area contributed by atoms with Crippen LogP contribution in [0.25, 0.3) is 22.1 Å². The molecule has 2 aliphatic heterocycles. The van der Waals surface area contributed by atoms with E-state index in [1.165, 1.54) is 31.8 Å². The first-order valence-corrected chi connectivity index (χ1v) is 30.6. The number of nitrogens with one attached hydrogen (secondary N) is 3. The van der Waals surface area contributed by atoms with Gasteiger partial charge in [0.05, 0.1) is 38.4 Å². The molecular weight excluding hydrogens is 1170 g/mol. The summed E-state index contributed by atoms with van der Waals surface area (Å²) in [6, 6.07) is 31.5. The predicted octanol–water partition coefficient (Wildman–Crippen LogP) is 9.17. The van der Waals surface area contributed by atoms with Crippen molar-refractivity contribution in [1.29, 1.82) is 0 Å². The van der Waals surface area contributed by atoms with Gasteiger partial charge < -0.3 is 56.4 Å². The molecule has 4 fully saturated rings. The van der Waals surface area contributed by atoms with Crippen LogP contribution < -0.4 is 46.4 Å². The van der Waals surface area contributed by atoms with Gasteiger partial charge in [-0.25, -0.2) is 24.1 Å². The van der Waals surface area contributed by atoms with Crippen molar-refractivity contribution in [2.45, 2.75) is 97.1 Å². The number of fused-ring (bicyclic) bond motifs is 2. The Kier molecular flexibility index (Phi) is 22.3. The first-order valence-electron chi connectivity index (χ1n) is 30.6. The van der Waals surface area contributed by atoms with Gasteiger partial charge in [0.2, 0.25) is 5.91 Å². The van der Waals surface area contributed by atoms with Crippen molar-refractivity contribution in [1.82, 2.24) is 49.5 Å². The lowest BCUT2D eigenvalue weighted by Crippen LogP contribution is -2.30. The molecule has 6 heterocycles. The molecule has 23 nitrogen and oxygen atoms in total. The summed E-state index contributed by atoms with van der Waals surface area (Å²) in [6.45, 7) is 9.32. The van der Waals surface area contributed by atoms with E-state index in [2.05, 4.69) is 42.8 Å². The molecule has 484 valence electrons. The number of hydrogen-bond donors (Lipinski definition) is 6. The molecule has 8 aromatic rings. The van der Waals surface area contributed by atoms with Crippen LogP contribution in [0.3, 0.4) is 0 Å². The summed E-state index contributed by atoms with van der Waals surface area (Å²) in [6.07, 6.45) is 16.6. The number of pyridine rings is 2. The second-order valence-corrected chi connectivity index (χ2v) is 23.4. The quantitative estimate of drug-likeness (QED) is 0.0307. The van der Waals surface area contributed by atoms with E-state index >= 15 is 0 Å². The van der Waals surface area contributed by atoms with Crippen LogP contribution in [0.4, 0.5) is 11.6 Å². The number of rotatable bonds is 24. The molecule has 92 heavy (non-hydrogen) atoms. The fourth-order valence-electron chi connectivity index (χ4n) is 10.9. The van der Waals surface area contributed by atoms with Gasteiger partial charge >= 0.3 is 5.97 Å². The van der Waals surface area contributed by atoms with Gasteiger partial charge in [0.1, 0.15) is 45.3 Å². The normalized spacial score (nSPS) is 16.1. The molecule has 4 aromatic heterocycles. The van der Waals surface area contributed by atoms with Crippen molar-refractivity contribution in [2.24, 2.45) is 11.5 Å². The van der Waals surface area contributed by atoms with Crippen molar-refractivity contribution in [3.05, 3.63) is 167 Å². The lowest BCUT2D eigenvalue weighted by Gasteiger charge is -2.16. The third-order valence-electron chi connectivity index (χ3n) is 16.3. The summed E-state index contributed by atoms with van der Waals surface area (Å²) >= 11 is 0. The first kappa shape index (κ1) is 66.6. The second-order valence-electron chi connectivity index (χ2n) is 23.4. The highest BCUT2D eigenvalue weighted by molar-refractivity contribution is 5.98. The zero-order chi connectivity index (χ0) is 64.1. The monoisotopic (exact) mass is 1250 g/mol. The summed E-state index contributed by atoms with van der Waals surface area (Å²) in [4.78, 5) is 62.9. The van der Waals surface area contributed by atoms with Crippen LogP contribution in [0.5, 0.6) is 34.5 Å². The number of carboxylic acid groups (broad SMARTS) is 1. The van der Waals surface area contributed by atoms with Crippen LogP contribution in [-0.2, 0) is 22.7 Å². The zero-order valence-electron chi connectivity index (χ0n) is 52.3. The number of nitrogens with two attached hydrogens (primary N) is 2. The third kappa shape index (κ3) is 17.3. The maximum absolute atomic E-state index is 12.9. The second kappa shape index (κ2) is 30.8. The Morgan fingerprint density at radius 1 is 0.630 bits per heavy atom. The number of carboxylic acids is 1. The number of anilines is 2. The molecule has 0 bridgehead atoms. The minimum atomic E-state index is -0.866. The first-order chi connectivity index (χ1) is 44.0. The summed E-state index contributed by atoms with van der Waals surface area (Å²) in [5.74, 6) is 2.68. The number of carbonyl (C=O) groups is 4. The predicted molar refractivity (Wildman–Crippen MR) is 356 cm³/mol. The van der Waals surface area contributed by atoms with Gasteiger partial charge in [0.25, 0.3) is 11.8 Å². The SMILES string of the molecule is C.CN(C/C=C/C(=O)O)C1CC1.COc1ccc(Cn2nc(N[C@@H]3CCN(C(=O)/C=C/CN(C)C4CC4)C3)c3c(Oc4ccc(C)cc4C(N)=O)ccnc32)cc1.COc1ccc(Cn2nc(N[C@@H]3CCNC3)c3c(Oc4ccc(C)cc4C(N)=O)ccnc32)cc1. The largest absolute Gasteiger partial charge is 0.497 e. The number of aliphatic carboxylic acids is 1. The highest BCUT2D eigenvalue weighted by Crippen LogP contribution is 2.39. The van der Waals surface area contributed by atoms with Crippen LogP contribution in [0, 0.1) is 13.8 Å². The zero-order valence-corrected chi connectivity index (χ0v) is 52.3. The van der Waals surface area contributed by atoms with Crippen LogP contribution in [0.15, 0.2) is 134 Å². The van der Waals surface area contributed by atoms with E-state index in [4.69, 9.17) is 45.7 Å². The van der Waals surface area contributed by atoms with Crippen LogP contribution in [-0.4, -0.2) is 165 Å². The van der Waals surface area contributed by atoms with E-state index in [1.54, 1.807) is 75.2 Å². The molecule has 2 saturated carbocycles. The smallest absolute Gasteiger partial charge is 0.328 e. The number of likely N-dealkylation sites (tertiary alicyclic amines) is 1. The number of carbonyl (C=O) groups excluding carboxylic acids is 3. The molecular formula is C69H84N14O9. The number of benzene rings is 4. The molecule has 0 radical (unpaired) electrons. The molecule has 3 amide bonds. The maximum atomic E-state index is 12.9. The minimum absolute atomic E-state index is 0. The molecule has 23 heteroatoms. The molecule has 2 atom stereocenters. The summed E-state index contributed by atoms with van der Waals surface area (Å²) in [5, 5.41) is 30.0. The number of aromatic nitrogens is 6. The van der Waals surface area contributed by atoms with Gasteiger partial charge in [-0.3, -0.25) is 24.2 Å². The van der Waals surface area contributed by atoms with Crippen molar-refractivity contribution in [3.63, 3.8) is 0 Å². The van der Waals surface area contributed by atoms with Crippen molar-refractivity contribution >= 4 is 57.4 Å². The number of likely N-dealkylation sites (N-methyl/N-ethyl adjacent to an activating group) is 2. The number of hydrogen-bond acceptors (Lipinski definition) is 17. The Morgan fingerprint density at radius 2 is 1.10 bits per heavy atom. The third-order valence-corrected chi connectivity index (χ3v) is 16.3. The molecule has 2 aliphatic carbocycles. The highest BCUT2D eigenvalue weighted by Gasteiger charge is 2.30. The molecule has 0 unspecified atom stereocenters. The van der Waals surface area contributed by atoms with Gasteiger partial charge in [-0.1, -0.05) is 67.1 Å². The molecule has 0 spiro atoms. The van der Waals surface area contributed by atoms with E-state index in [0.29, 0.717) is 101 Å². The minimum Gasteiger partial charge on any atom is -0.497 e. The summed E-state index contributed by atoms with van der Waals surface area (Å²) in [5.41, 5.74) is 17.1. The van der Waals surface area contributed by atoms with E-state index in [9.17, 15) is 19.2 Å². The lowest BCUT2D eigenvalue weighted by atomic mass is 10.1. The average molecular weight is 1250 g/mol. The van der Waals surface area contributed by atoms with Gasteiger partial charge in [-0.2, -0.15) is 10.2 Å². The van der Waals surface area contributed by atoms with Gasteiger partial charge in [-0.15, -0.1) is 0 Å². The van der Waals surface area contributed by atoms with E-state index in [0.717, 1.165) is 78.2 Å². The Morgan fingerprint density at radius 3 is 1.52 bits per heavy atom. The van der Waals surface area contributed by atoms with E-state index < -0.39 is 17.8 Å². The summed E-state index contributed by atoms with van der Waals surface area (Å²) < 4.78 is 26.9. The lowest BCUT2D eigenvalue weighted by molar-refractivity contribution is -0.131. The van der Waals surface area contributed by atoms with Gasteiger partial charge in [0, 0.05) is 93.6 Å². The molecule has 4 aliphatic rings. The van der Waals surface area contributed by atoms with Gasteiger partial charge in [0.15, 0.2) is 22.9 Å². The number of aryl methyl sites for hydroxylation is 2. The van der Waals surface area contributed by atoms with Crippen LogP contribution in [0.1, 0.15) is 88.9 Å². The number of methoxy groups -OCH3 is 2. The fourth-order valence-corrected chi connectivity index (χ4v) is 10.9. The average Bonchev–Trinajstić information content (AvgIpc) is 1.61. The Hall–Kier alpha value is -9.84. The van der Waals surface area contributed by atoms with Gasteiger partial charge in [-0.05, 0) is 133 Å². The number of primary amides is 2. The Bertz CT molecular complexity index is 3930. The topological polar surface area (TPSA) is 285 Å². The molecule has 12 rings (SSSR count). The Balaban J connectivity index is 0.000000188. The Labute approximate surface area is 536 Å². The maximum Gasteiger partial charge on any atom is 0.328 e. The number of nitrogens with zero attached hydrogens (tertiary/aromatic N) is 9. The number of amides is 3. The highest BCUT2D eigenvalue weighted by atomic mass is 16.5. The summed E-state index contributed by atoms with van der Waals surface area (Å²) in [7, 11) is 7.40. The molecule has 2 saturated heterocycles. The number of ether oxygens (including phenoxy) is 4. The van der Waals surface area contributed by atoms with Crippen LogP contribution in [0.2, 0.25) is 0 Å². The van der Waals surface area contributed by atoms with E-state index in [-0.39, 0.29) is 25.4 Å². The standard InChI is InChI=1S/C34H39N7O4.C26H28N6O3.C8H13NO2.CH4/c1-22-6-13-28(27(19-22)32(35)43)45-29-14-16-36-34-31(29)33(38-41(34)20-23-7-11-26(44-3)12-8-23)37-24-15-18-40(21-24)30(42)5-4-17-39(2)25-9-10-25;1-16-3-8-21(20(13-16)24(27)33)35-22-10-12-29-26-23(22)25(30-18-9-11-28-14-18)31-32(26)15-17-4-6-19(34-2)7-5-17;1-9(7-4-5-7)6-2-3-8(10)11;/h4-8,11-14,16,19,24-25H,9-10,15,17-18,20-21H2,1-3H3,(H2,35,43)(H,37,38);3-8,10,12-13,18,28H,9,11,14-15H2,1-2H3,(H2,27,33)(H,30,31);2-3,7H,4-6H2,1H3,(H,10,11);1H4/b5-4+;;3-2+;/t24-;18-;;/m11../s1. The van der Waals surface area contributed by atoms with Crippen LogP contribution >= 0.6 is 0 Å². The van der Waals surface area contributed by atoms with Crippen molar-refractivity contribution in [3.8, 4) is 34.5 Å². The van der Waals surface area contributed by atoms with Crippen molar-refractivity contribution < 1.29 is 43.2 Å². The van der Waals surface area contributed by atoms with Crippen molar-refractivity contribution in [2.75, 3.05) is 78.2 Å². The molecule has 4 aromatic carbocycles. The van der Waals surface area contributed by atoms with E-state index in [1.807, 2.05) is 102 Å². The molecule has 8 N–H and O–H groups in total. The fraction of sp³-hybridized carbons (Fsp3) is 0.362.